The normalized spacial score (nSPS) is 23.8. The van der Waals surface area contributed by atoms with Crippen molar-refractivity contribution in [2.75, 3.05) is 0 Å². The number of aromatic nitrogens is 1. The van der Waals surface area contributed by atoms with Gasteiger partial charge in [-0.2, -0.15) is 0 Å². The Balaban J connectivity index is 2.15. The number of benzene rings is 1. The summed E-state index contributed by atoms with van der Waals surface area (Å²) in [6.07, 6.45) is 15.2. The number of hydrogen-bond acceptors (Lipinski definition) is 2. The largest absolute Gasteiger partial charge is 0.251 e. The smallest absolute Gasteiger partial charge is 0.169 e. The number of fused-ring (bicyclic) bond motifs is 4. The lowest BCUT2D eigenvalue weighted by Crippen LogP contribution is -2.45. The molecule has 2 aliphatic rings. The molecule has 2 aliphatic carbocycles. The Labute approximate surface area is 217 Å². The first-order valence-electron chi connectivity index (χ1n) is 12.9. The lowest BCUT2D eigenvalue weighted by atomic mass is 9.63. The summed E-state index contributed by atoms with van der Waals surface area (Å²) >= 11 is 0. The van der Waals surface area contributed by atoms with Crippen molar-refractivity contribution in [3.05, 3.63) is 99.9 Å². The van der Waals surface area contributed by atoms with E-state index in [2.05, 4.69) is 134 Å². The van der Waals surface area contributed by atoms with Gasteiger partial charge in [0, 0.05) is 23.0 Å². The van der Waals surface area contributed by atoms with Crippen molar-refractivity contribution < 1.29 is 14.7 Å². The molecule has 0 amide bonds. The number of allylic oxidation sites excluding steroid dienone is 4. The number of rotatable bonds is 2. The molecule has 1 atom stereocenters. The lowest BCUT2D eigenvalue weighted by Gasteiger charge is -2.45. The Hall–Kier alpha value is -2.75. The Morgan fingerprint density at radius 1 is 0.889 bits per heavy atom. The van der Waals surface area contributed by atoms with E-state index >= 15 is 0 Å². The van der Waals surface area contributed by atoms with E-state index in [9.17, 15) is 5.26 Å². The first-order chi connectivity index (χ1) is 16.6. The highest BCUT2D eigenvalue weighted by Crippen LogP contribution is 2.50. The highest BCUT2D eigenvalue weighted by molar-refractivity contribution is 5.86. The van der Waals surface area contributed by atoms with Gasteiger partial charge in [0.15, 0.2) is 12.4 Å². The molecule has 1 aromatic heterocycles. The van der Waals surface area contributed by atoms with E-state index in [1.54, 1.807) is 0 Å². The van der Waals surface area contributed by atoms with Crippen LogP contribution in [0.2, 0.25) is 0 Å². The van der Waals surface area contributed by atoms with Gasteiger partial charge in [-0.3, -0.25) is 5.26 Å². The van der Waals surface area contributed by atoms with Crippen LogP contribution in [0.15, 0.2) is 72.1 Å². The molecular weight excluding hydrogens is 442 g/mol. The highest BCUT2D eigenvalue weighted by Gasteiger charge is 2.46. The fourth-order valence-electron chi connectivity index (χ4n) is 5.09. The molecule has 3 heteroatoms. The summed E-state index contributed by atoms with van der Waals surface area (Å²) < 4.78 is 2.06. The fraction of sp³-hybridized carbons (Fsp3) is 0.424. The molecule has 2 aromatic rings. The summed E-state index contributed by atoms with van der Waals surface area (Å²) in [7, 11) is 2.04. The minimum atomic E-state index is -0.944. The maximum atomic E-state index is 10.3. The molecule has 36 heavy (non-hydrogen) atoms. The Bertz CT molecular complexity index is 1310. The van der Waals surface area contributed by atoms with E-state index in [4.69, 9.17) is 4.89 Å². The van der Waals surface area contributed by atoms with Gasteiger partial charge in [-0.25, -0.2) is 9.45 Å². The van der Waals surface area contributed by atoms with Gasteiger partial charge >= 0.3 is 0 Å². The van der Waals surface area contributed by atoms with Crippen molar-refractivity contribution in [2.45, 2.75) is 73.3 Å². The van der Waals surface area contributed by atoms with E-state index in [1.807, 2.05) is 7.05 Å². The van der Waals surface area contributed by atoms with Gasteiger partial charge in [0.1, 0.15) is 12.6 Å². The van der Waals surface area contributed by atoms with Crippen molar-refractivity contribution >= 4 is 11.6 Å². The van der Waals surface area contributed by atoms with E-state index < -0.39 is 5.60 Å². The molecule has 3 nitrogen and oxygen atoms in total. The van der Waals surface area contributed by atoms with Crippen molar-refractivity contribution in [2.24, 2.45) is 17.9 Å². The van der Waals surface area contributed by atoms with Gasteiger partial charge in [-0.15, -0.1) is 0 Å². The van der Waals surface area contributed by atoms with Gasteiger partial charge in [-0.05, 0) is 75.1 Å². The molecule has 0 fully saturated rings. The predicted molar refractivity (Wildman–Crippen MR) is 149 cm³/mol. The van der Waals surface area contributed by atoms with Crippen LogP contribution in [-0.2, 0) is 17.4 Å². The first-order valence-corrected chi connectivity index (χ1v) is 12.9. The molecule has 0 radical (unpaired) electrons. The van der Waals surface area contributed by atoms with Gasteiger partial charge in [0.05, 0.1) is 0 Å². The SMILES string of the molecule is Cc1c2cc(C(C)(C)C)cc1/C(c1cc[n+](C)cc1)=C\C1=CC(OO)(C(C)(C)C)C=C(/C=C\2)C1(C)C. The summed E-state index contributed by atoms with van der Waals surface area (Å²) in [6, 6.07) is 9.05. The second-order valence-electron chi connectivity index (χ2n) is 13.1. The maximum absolute atomic E-state index is 10.3. The standard InChI is InChI=1S/C33H41NO2/c1-22-24-11-12-25-20-33(36-35,31(5,6)7)21-27(32(25,8)9)19-29(23-13-15-34(10)16-14-23)28(22)18-26(17-24)30(2,3)4/h11-21H,1-10H3/p+1/b12-11-,29-19-. The van der Waals surface area contributed by atoms with Crippen LogP contribution < -0.4 is 4.57 Å². The van der Waals surface area contributed by atoms with Gasteiger partial charge in [0.2, 0.25) is 0 Å². The molecule has 1 unspecified atom stereocenters. The molecular formula is C33H42NO2+. The quantitative estimate of drug-likeness (QED) is 0.269. The maximum Gasteiger partial charge on any atom is 0.169 e. The monoisotopic (exact) mass is 484 g/mol. The molecule has 4 bridgehead atoms. The molecule has 0 aliphatic heterocycles. The third-order valence-corrected chi connectivity index (χ3v) is 8.14. The van der Waals surface area contributed by atoms with Gasteiger partial charge in [0.25, 0.3) is 0 Å². The summed E-state index contributed by atoms with van der Waals surface area (Å²) in [5.74, 6) is 0. The Kier molecular flexibility index (Phi) is 6.34. The number of pyridine rings is 1. The zero-order valence-corrected chi connectivity index (χ0v) is 23.7. The van der Waals surface area contributed by atoms with E-state index in [-0.39, 0.29) is 16.2 Å². The van der Waals surface area contributed by atoms with Crippen LogP contribution in [0, 0.1) is 17.8 Å². The Morgan fingerprint density at radius 3 is 2.06 bits per heavy atom. The predicted octanol–water partition coefficient (Wildman–Crippen LogP) is 7.74. The zero-order chi connectivity index (χ0) is 26.7. The minimum Gasteiger partial charge on any atom is -0.251 e. The average Bonchev–Trinajstić information content (AvgIpc) is 2.77. The van der Waals surface area contributed by atoms with Crippen molar-refractivity contribution in [1.82, 2.24) is 0 Å². The fourth-order valence-corrected chi connectivity index (χ4v) is 5.09. The average molecular weight is 485 g/mol. The first kappa shape index (κ1) is 26.3. The van der Waals surface area contributed by atoms with Crippen molar-refractivity contribution in [1.29, 1.82) is 0 Å². The number of nitrogens with zero attached hydrogens (tertiary/aromatic N) is 1. The molecule has 4 rings (SSSR count). The second-order valence-corrected chi connectivity index (χ2v) is 13.1. The second kappa shape index (κ2) is 8.68. The van der Waals surface area contributed by atoms with Crippen LogP contribution in [-0.4, -0.2) is 10.9 Å². The molecule has 0 spiro atoms. The molecule has 1 aromatic carbocycles. The minimum absolute atomic E-state index is 0.0171. The molecule has 1 N–H and O–H groups in total. The van der Waals surface area contributed by atoms with Crippen LogP contribution in [0.5, 0.6) is 0 Å². The summed E-state index contributed by atoms with van der Waals surface area (Å²) in [4.78, 5) is 5.32. The summed E-state index contributed by atoms with van der Waals surface area (Å²) in [5, 5.41) is 10.3. The van der Waals surface area contributed by atoms with Gasteiger partial charge < -0.3 is 0 Å². The molecule has 190 valence electrons. The van der Waals surface area contributed by atoms with Crippen LogP contribution in [0.3, 0.4) is 0 Å². The van der Waals surface area contributed by atoms with Crippen LogP contribution in [0.25, 0.3) is 11.6 Å². The zero-order valence-electron chi connectivity index (χ0n) is 23.7. The van der Waals surface area contributed by atoms with Gasteiger partial charge in [-0.1, -0.05) is 79.7 Å². The highest BCUT2D eigenvalue weighted by atomic mass is 17.1. The topological polar surface area (TPSA) is 33.3 Å². The van der Waals surface area contributed by atoms with Crippen LogP contribution in [0.4, 0.5) is 0 Å². The number of hydrogen-bond donors (Lipinski definition) is 1. The Morgan fingerprint density at radius 2 is 1.50 bits per heavy atom. The van der Waals surface area contributed by atoms with E-state index in [0.29, 0.717) is 0 Å². The van der Waals surface area contributed by atoms with Crippen LogP contribution in [0.1, 0.15) is 83.2 Å². The number of aryl methyl sites for hydroxylation is 1. The van der Waals surface area contributed by atoms with E-state index in [1.165, 1.54) is 27.8 Å². The van der Waals surface area contributed by atoms with Crippen molar-refractivity contribution in [3.8, 4) is 0 Å². The van der Waals surface area contributed by atoms with E-state index in [0.717, 1.165) is 16.7 Å². The third kappa shape index (κ3) is 4.44. The van der Waals surface area contributed by atoms with Crippen molar-refractivity contribution in [3.63, 3.8) is 0 Å². The summed E-state index contributed by atoms with van der Waals surface area (Å²) in [6.45, 7) is 19.8. The molecule has 0 saturated heterocycles. The molecule has 0 saturated carbocycles. The third-order valence-electron chi connectivity index (χ3n) is 8.14. The lowest BCUT2D eigenvalue weighted by molar-refractivity contribution is -0.671. The molecule has 1 heterocycles. The van der Waals surface area contributed by atoms with Crippen LogP contribution >= 0.6 is 0 Å². The summed E-state index contributed by atoms with van der Waals surface area (Å²) in [5.41, 5.74) is 8.06.